The molecule has 0 saturated carbocycles. The molecular weight excluding hydrogens is 449 g/mol. The van der Waals surface area contributed by atoms with E-state index in [4.69, 9.17) is 4.74 Å². The maximum atomic E-state index is 13.0. The first-order chi connectivity index (χ1) is 15.9. The van der Waals surface area contributed by atoms with Gasteiger partial charge in [-0.2, -0.15) is 0 Å². The molecule has 0 aliphatic carbocycles. The first-order valence-electron chi connectivity index (χ1n) is 9.91. The van der Waals surface area contributed by atoms with Crippen molar-refractivity contribution in [2.45, 2.75) is 11.6 Å². The second kappa shape index (κ2) is 11.2. The van der Waals surface area contributed by atoms with Crippen LogP contribution in [0, 0.1) is 5.82 Å². The minimum atomic E-state index is -0.539. The third-order valence-electron chi connectivity index (χ3n) is 4.60. The van der Waals surface area contributed by atoms with Crippen molar-refractivity contribution in [3.63, 3.8) is 0 Å². The molecule has 0 saturated heterocycles. The van der Waals surface area contributed by atoms with Crippen LogP contribution in [-0.4, -0.2) is 52.0 Å². The highest BCUT2D eigenvalue weighted by molar-refractivity contribution is 7.99. The second-order valence-electron chi connectivity index (χ2n) is 6.84. The van der Waals surface area contributed by atoms with E-state index in [2.05, 4.69) is 20.8 Å². The molecule has 1 heterocycles. The molecule has 2 aromatic carbocycles. The molecule has 2 N–H and O–H groups in total. The fourth-order valence-corrected chi connectivity index (χ4v) is 3.61. The number of nitrogens with one attached hydrogen (secondary N) is 2. The van der Waals surface area contributed by atoms with E-state index in [1.165, 1.54) is 43.1 Å². The molecule has 0 aliphatic rings. The molecule has 0 aliphatic heterocycles. The lowest BCUT2D eigenvalue weighted by molar-refractivity contribution is -0.113. The van der Waals surface area contributed by atoms with Crippen LogP contribution in [0.25, 0.3) is 0 Å². The van der Waals surface area contributed by atoms with Crippen molar-refractivity contribution in [2.75, 3.05) is 24.7 Å². The average molecular weight is 472 g/mol. The van der Waals surface area contributed by atoms with Gasteiger partial charge in [0.2, 0.25) is 5.91 Å². The Hall–Kier alpha value is -3.73. The van der Waals surface area contributed by atoms with Crippen molar-refractivity contribution in [2.24, 2.45) is 7.05 Å². The number of amides is 2. The van der Waals surface area contributed by atoms with Crippen LogP contribution in [0.15, 0.2) is 53.7 Å². The number of benzene rings is 2. The van der Waals surface area contributed by atoms with Crippen LogP contribution in [0.4, 0.5) is 10.1 Å². The molecular formula is C22H22FN5O4S. The fourth-order valence-electron chi connectivity index (χ4n) is 2.88. The number of thioether (sulfide) groups is 1. The van der Waals surface area contributed by atoms with Gasteiger partial charge in [-0.3, -0.25) is 9.59 Å². The lowest BCUT2D eigenvalue weighted by atomic mass is 10.2. The number of nitrogens with zero attached hydrogens (tertiary/aromatic N) is 3. The summed E-state index contributed by atoms with van der Waals surface area (Å²) in [5, 5.41) is 14.2. The number of methoxy groups -OCH3 is 1. The van der Waals surface area contributed by atoms with Crippen molar-refractivity contribution in [3.05, 3.63) is 71.3 Å². The SMILES string of the molecule is COC(=O)c1ccccc1NC(=O)CSc1nnc(CCNC(=O)c2ccc(F)cc2)n1C. The number of carbonyl (C=O) groups excluding carboxylic acids is 3. The average Bonchev–Trinajstić information content (AvgIpc) is 3.17. The number of aromatic nitrogens is 3. The van der Waals surface area contributed by atoms with Gasteiger partial charge in [0.1, 0.15) is 11.6 Å². The Kier molecular flexibility index (Phi) is 8.14. The Morgan fingerprint density at radius 2 is 1.82 bits per heavy atom. The van der Waals surface area contributed by atoms with E-state index in [0.29, 0.717) is 35.2 Å². The van der Waals surface area contributed by atoms with Crippen LogP contribution in [0.1, 0.15) is 26.5 Å². The molecule has 0 radical (unpaired) electrons. The summed E-state index contributed by atoms with van der Waals surface area (Å²) in [5.41, 5.74) is 0.998. The van der Waals surface area contributed by atoms with Crippen molar-refractivity contribution in [1.82, 2.24) is 20.1 Å². The molecule has 0 bridgehead atoms. The zero-order valence-corrected chi connectivity index (χ0v) is 18.8. The second-order valence-corrected chi connectivity index (χ2v) is 7.79. The van der Waals surface area contributed by atoms with E-state index in [0.717, 1.165) is 0 Å². The predicted octanol–water partition coefficient (Wildman–Crippen LogP) is 2.44. The van der Waals surface area contributed by atoms with Gasteiger partial charge in [0, 0.05) is 25.6 Å². The highest BCUT2D eigenvalue weighted by atomic mass is 32.2. The van der Waals surface area contributed by atoms with Crippen LogP contribution < -0.4 is 10.6 Å². The van der Waals surface area contributed by atoms with E-state index in [1.54, 1.807) is 35.9 Å². The predicted molar refractivity (Wildman–Crippen MR) is 121 cm³/mol. The Morgan fingerprint density at radius 3 is 2.55 bits per heavy atom. The Bertz CT molecular complexity index is 1150. The molecule has 2 amide bonds. The molecule has 0 spiro atoms. The highest BCUT2D eigenvalue weighted by Gasteiger charge is 2.15. The molecule has 3 rings (SSSR count). The fraction of sp³-hybridized carbons (Fsp3) is 0.227. The minimum Gasteiger partial charge on any atom is -0.465 e. The maximum Gasteiger partial charge on any atom is 0.339 e. The lowest BCUT2D eigenvalue weighted by Gasteiger charge is -2.09. The van der Waals surface area contributed by atoms with Gasteiger partial charge in [0.05, 0.1) is 24.1 Å². The smallest absolute Gasteiger partial charge is 0.339 e. The van der Waals surface area contributed by atoms with E-state index in [-0.39, 0.29) is 23.1 Å². The summed E-state index contributed by atoms with van der Waals surface area (Å²) in [4.78, 5) is 36.3. The van der Waals surface area contributed by atoms with E-state index in [9.17, 15) is 18.8 Å². The number of hydrogen-bond donors (Lipinski definition) is 2. The molecule has 33 heavy (non-hydrogen) atoms. The Morgan fingerprint density at radius 1 is 1.09 bits per heavy atom. The van der Waals surface area contributed by atoms with Crippen LogP contribution in [0.2, 0.25) is 0 Å². The summed E-state index contributed by atoms with van der Waals surface area (Å²) in [5.74, 6) is -0.875. The van der Waals surface area contributed by atoms with Crippen molar-refractivity contribution < 1.29 is 23.5 Å². The van der Waals surface area contributed by atoms with Crippen molar-refractivity contribution in [1.29, 1.82) is 0 Å². The van der Waals surface area contributed by atoms with Crippen LogP contribution >= 0.6 is 11.8 Å². The zero-order valence-electron chi connectivity index (χ0n) is 18.0. The first-order valence-corrected chi connectivity index (χ1v) is 10.9. The maximum absolute atomic E-state index is 13.0. The van der Waals surface area contributed by atoms with Gasteiger partial charge in [-0.15, -0.1) is 10.2 Å². The number of para-hydroxylation sites is 1. The largest absolute Gasteiger partial charge is 0.465 e. The van der Waals surface area contributed by atoms with Gasteiger partial charge in [-0.1, -0.05) is 23.9 Å². The number of halogens is 1. The number of hydrogen-bond acceptors (Lipinski definition) is 7. The van der Waals surface area contributed by atoms with Gasteiger partial charge in [-0.05, 0) is 36.4 Å². The van der Waals surface area contributed by atoms with Crippen LogP contribution in [0.5, 0.6) is 0 Å². The number of rotatable bonds is 9. The molecule has 3 aromatic rings. The number of carbonyl (C=O) groups is 3. The molecule has 0 unspecified atom stereocenters. The van der Waals surface area contributed by atoms with Gasteiger partial charge < -0.3 is 19.9 Å². The number of esters is 1. The van der Waals surface area contributed by atoms with Gasteiger partial charge in [0.15, 0.2) is 5.16 Å². The number of anilines is 1. The van der Waals surface area contributed by atoms with Crippen molar-refractivity contribution in [3.8, 4) is 0 Å². The third-order valence-corrected chi connectivity index (χ3v) is 5.62. The third kappa shape index (κ3) is 6.39. The zero-order chi connectivity index (χ0) is 23.8. The molecule has 11 heteroatoms. The molecule has 9 nitrogen and oxygen atoms in total. The summed E-state index contributed by atoms with van der Waals surface area (Å²) in [6, 6.07) is 11.9. The molecule has 1 aromatic heterocycles. The summed E-state index contributed by atoms with van der Waals surface area (Å²) in [6.45, 7) is 0.317. The number of ether oxygens (including phenoxy) is 1. The summed E-state index contributed by atoms with van der Waals surface area (Å²) < 4.78 is 19.4. The summed E-state index contributed by atoms with van der Waals surface area (Å²) in [6.07, 6.45) is 0.426. The topological polar surface area (TPSA) is 115 Å². The Labute approximate surface area is 193 Å². The quantitative estimate of drug-likeness (QED) is 0.364. The molecule has 0 fully saturated rings. The van der Waals surface area contributed by atoms with E-state index >= 15 is 0 Å². The minimum absolute atomic E-state index is 0.0583. The van der Waals surface area contributed by atoms with Gasteiger partial charge >= 0.3 is 5.97 Å². The lowest BCUT2D eigenvalue weighted by Crippen LogP contribution is -2.26. The normalized spacial score (nSPS) is 10.5. The van der Waals surface area contributed by atoms with Gasteiger partial charge in [-0.25, -0.2) is 9.18 Å². The highest BCUT2D eigenvalue weighted by Crippen LogP contribution is 2.19. The Balaban J connectivity index is 1.50. The first kappa shape index (κ1) is 23.9. The van der Waals surface area contributed by atoms with E-state index < -0.39 is 11.8 Å². The standard InChI is InChI=1S/C22H22FN5O4S/c1-28-18(11-12-24-20(30)14-7-9-15(23)10-8-14)26-27-22(28)33-13-19(29)25-17-6-4-3-5-16(17)21(31)32-2/h3-10H,11-13H2,1-2H3,(H,24,30)(H,25,29). The van der Waals surface area contributed by atoms with Gasteiger partial charge in [0.25, 0.3) is 5.91 Å². The molecule has 0 atom stereocenters. The van der Waals surface area contributed by atoms with Crippen LogP contribution in [-0.2, 0) is 23.0 Å². The monoisotopic (exact) mass is 471 g/mol. The summed E-state index contributed by atoms with van der Waals surface area (Å²) in [7, 11) is 3.04. The summed E-state index contributed by atoms with van der Waals surface area (Å²) >= 11 is 1.19. The van der Waals surface area contributed by atoms with Crippen molar-refractivity contribution >= 4 is 35.2 Å². The van der Waals surface area contributed by atoms with E-state index in [1.807, 2.05) is 0 Å². The van der Waals surface area contributed by atoms with Crippen LogP contribution in [0.3, 0.4) is 0 Å². The molecule has 172 valence electrons.